The Balaban J connectivity index is 1.47. The molecule has 0 aliphatic carbocycles. The molecule has 0 radical (unpaired) electrons. The maximum atomic E-state index is 5.93. The quantitative estimate of drug-likeness (QED) is 0.724. The summed E-state index contributed by atoms with van der Waals surface area (Å²) in [4.78, 5) is 19.8. The molecule has 0 saturated carbocycles. The minimum Gasteiger partial charge on any atom is -0.494 e. The van der Waals surface area contributed by atoms with E-state index < -0.39 is 0 Å². The molecule has 3 heterocycles. The zero-order chi connectivity index (χ0) is 17.1. The SMILES string of the molecule is COc1cnc(OC2CCCN(c3cnc4ccccc4n3)C2)nc1. The van der Waals surface area contributed by atoms with Gasteiger partial charge in [-0.3, -0.25) is 4.98 Å². The first kappa shape index (κ1) is 15.6. The Morgan fingerprint density at radius 1 is 1.04 bits per heavy atom. The molecule has 1 saturated heterocycles. The van der Waals surface area contributed by atoms with Gasteiger partial charge in [0.2, 0.25) is 0 Å². The average molecular weight is 337 g/mol. The number of hydrogen-bond acceptors (Lipinski definition) is 7. The zero-order valence-electron chi connectivity index (χ0n) is 14.0. The summed E-state index contributed by atoms with van der Waals surface area (Å²) in [5, 5.41) is 0. The van der Waals surface area contributed by atoms with Crippen molar-refractivity contribution in [1.29, 1.82) is 0 Å². The highest BCUT2D eigenvalue weighted by molar-refractivity contribution is 5.75. The second-order valence-electron chi connectivity index (χ2n) is 5.95. The number of rotatable bonds is 4. The van der Waals surface area contributed by atoms with E-state index >= 15 is 0 Å². The monoisotopic (exact) mass is 337 g/mol. The highest BCUT2D eigenvalue weighted by atomic mass is 16.5. The number of piperidine rings is 1. The molecular formula is C18H19N5O2. The van der Waals surface area contributed by atoms with Gasteiger partial charge in [0, 0.05) is 6.54 Å². The van der Waals surface area contributed by atoms with Crippen molar-refractivity contribution in [2.75, 3.05) is 25.1 Å². The fraction of sp³-hybridized carbons (Fsp3) is 0.333. The van der Waals surface area contributed by atoms with Crippen LogP contribution in [0, 0.1) is 0 Å². The van der Waals surface area contributed by atoms with Gasteiger partial charge in [-0.1, -0.05) is 12.1 Å². The van der Waals surface area contributed by atoms with Gasteiger partial charge in [-0.15, -0.1) is 0 Å². The summed E-state index contributed by atoms with van der Waals surface area (Å²) in [5.74, 6) is 1.49. The van der Waals surface area contributed by atoms with Crippen molar-refractivity contribution in [1.82, 2.24) is 19.9 Å². The van der Waals surface area contributed by atoms with Crippen molar-refractivity contribution < 1.29 is 9.47 Å². The number of nitrogens with zero attached hydrogens (tertiary/aromatic N) is 5. The summed E-state index contributed by atoms with van der Waals surface area (Å²) >= 11 is 0. The molecule has 1 aromatic carbocycles. The first-order chi connectivity index (χ1) is 12.3. The average Bonchev–Trinajstić information content (AvgIpc) is 2.68. The van der Waals surface area contributed by atoms with E-state index in [0.717, 1.165) is 42.8 Å². The minimum absolute atomic E-state index is 0.0235. The second-order valence-corrected chi connectivity index (χ2v) is 5.95. The zero-order valence-corrected chi connectivity index (χ0v) is 14.0. The Hall–Kier alpha value is -2.96. The molecule has 0 N–H and O–H groups in total. The molecule has 1 unspecified atom stereocenters. The molecule has 0 amide bonds. The number of aromatic nitrogens is 4. The Bertz CT molecular complexity index is 855. The Morgan fingerprint density at radius 2 is 1.84 bits per heavy atom. The van der Waals surface area contributed by atoms with Crippen molar-refractivity contribution in [3.8, 4) is 11.8 Å². The van der Waals surface area contributed by atoms with Gasteiger partial charge in [-0.05, 0) is 25.0 Å². The van der Waals surface area contributed by atoms with Crippen molar-refractivity contribution in [3.63, 3.8) is 0 Å². The van der Waals surface area contributed by atoms with E-state index in [1.807, 2.05) is 30.5 Å². The third kappa shape index (κ3) is 3.45. The molecule has 1 atom stereocenters. The van der Waals surface area contributed by atoms with Crippen molar-refractivity contribution in [2.45, 2.75) is 18.9 Å². The van der Waals surface area contributed by atoms with Crippen molar-refractivity contribution >= 4 is 16.9 Å². The van der Waals surface area contributed by atoms with Crippen LogP contribution < -0.4 is 14.4 Å². The fourth-order valence-corrected chi connectivity index (χ4v) is 2.96. The summed E-state index contributed by atoms with van der Waals surface area (Å²) in [7, 11) is 1.59. The molecule has 1 aliphatic heterocycles. The molecule has 0 bridgehead atoms. The topological polar surface area (TPSA) is 73.3 Å². The van der Waals surface area contributed by atoms with Crippen molar-refractivity contribution in [2.24, 2.45) is 0 Å². The number of fused-ring (bicyclic) bond motifs is 1. The normalized spacial score (nSPS) is 17.5. The Kier molecular flexibility index (Phi) is 4.28. The van der Waals surface area contributed by atoms with Crippen LogP contribution in [-0.2, 0) is 0 Å². The van der Waals surface area contributed by atoms with Crippen LogP contribution in [0.4, 0.5) is 5.82 Å². The first-order valence-corrected chi connectivity index (χ1v) is 8.31. The van der Waals surface area contributed by atoms with Gasteiger partial charge in [0.15, 0.2) is 5.75 Å². The molecule has 3 aromatic rings. The summed E-state index contributed by atoms with van der Waals surface area (Å²) in [6, 6.07) is 8.27. The Morgan fingerprint density at radius 3 is 2.64 bits per heavy atom. The molecule has 4 rings (SSSR count). The number of benzene rings is 1. The summed E-state index contributed by atoms with van der Waals surface area (Å²) < 4.78 is 11.0. The number of para-hydroxylation sites is 2. The van der Waals surface area contributed by atoms with E-state index in [4.69, 9.17) is 14.5 Å². The smallest absolute Gasteiger partial charge is 0.316 e. The van der Waals surface area contributed by atoms with E-state index in [0.29, 0.717) is 11.8 Å². The lowest BCUT2D eigenvalue weighted by Crippen LogP contribution is -2.41. The van der Waals surface area contributed by atoms with E-state index in [1.165, 1.54) is 0 Å². The number of methoxy groups -OCH3 is 1. The first-order valence-electron chi connectivity index (χ1n) is 8.31. The van der Waals surface area contributed by atoms with Gasteiger partial charge >= 0.3 is 6.01 Å². The lowest BCUT2D eigenvalue weighted by Gasteiger charge is -2.33. The molecule has 128 valence electrons. The van der Waals surface area contributed by atoms with Gasteiger partial charge in [0.1, 0.15) is 11.9 Å². The predicted molar refractivity (Wildman–Crippen MR) is 94.0 cm³/mol. The molecule has 1 fully saturated rings. The third-order valence-corrected chi connectivity index (χ3v) is 4.25. The van der Waals surface area contributed by atoms with E-state index in [-0.39, 0.29) is 6.10 Å². The van der Waals surface area contributed by atoms with Gasteiger partial charge < -0.3 is 14.4 Å². The summed E-state index contributed by atoms with van der Waals surface area (Å²) in [6.45, 7) is 1.68. The Labute approximate surface area is 145 Å². The highest BCUT2D eigenvalue weighted by Crippen LogP contribution is 2.22. The predicted octanol–water partition coefficient (Wildman–Crippen LogP) is 2.48. The fourth-order valence-electron chi connectivity index (χ4n) is 2.96. The van der Waals surface area contributed by atoms with Crippen LogP contribution in [0.1, 0.15) is 12.8 Å². The van der Waals surface area contributed by atoms with E-state index in [9.17, 15) is 0 Å². The van der Waals surface area contributed by atoms with Crippen LogP contribution in [0.5, 0.6) is 11.8 Å². The molecule has 2 aromatic heterocycles. The van der Waals surface area contributed by atoms with E-state index in [1.54, 1.807) is 19.5 Å². The molecule has 7 heteroatoms. The number of anilines is 1. The van der Waals surface area contributed by atoms with Crippen LogP contribution in [0.15, 0.2) is 42.9 Å². The van der Waals surface area contributed by atoms with Crippen LogP contribution in [0.3, 0.4) is 0 Å². The molecule has 1 aliphatic rings. The minimum atomic E-state index is 0.0235. The molecule has 0 spiro atoms. The van der Waals surface area contributed by atoms with Crippen LogP contribution >= 0.6 is 0 Å². The van der Waals surface area contributed by atoms with Crippen molar-refractivity contribution in [3.05, 3.63) is 42.9 Å². The third-order valence-electron chi connectivity index (χ3n) is 4.25. The standard InChI is InChI=1S/C18H19N5O2/c1-24-14-9-20-18(21-10-14)25-13-5-4-8-23(12-13)17-11-19-15-6-2-3-7-16(15)22-17/h2-3,6-7,9-11,13H,4-5,8,12H2,1H3. The van der Waals surface area contributed by atoms with Crippen LogP contribution in [0.2, 0.25) is 0 Å². The van der Waals surface area contributed by atoms with Crippen LogP contribution in [0.25, 0.3) is 11.0 Å². The largest absolute Gasteiger partial charge is 0.494 e. The second kappa shape index (κ2) is 6.88. The lowest BCUT2D eigenvalue weighted by molar-refractivity contribution is 0.163. The molecule has 25 heavy (non-hydrogen) atoms. The van der Waals surface area contributed by atoms with Gasteiger partial charge in [0.05, 0.1) is 43.3 Å². The summed E-state index contributed by atoms with van der Waals surface area (Å²) in [6.07, 6.45) is 7.06. The maximum absolute atomic E-state index is 5.93. The van der Waals surface area contributed by atoms with Gasteiger partial charge in [-0.2, -0.15) is 9.97 Å². The van der Waals surface area contributed by atoms with E-state index in [2.05, 4.69) is 19.9 Å². The van der Waals surface area contributed by atoms with Gasteiger partial charge in [0.25, 0.3) is 0 Å². The van der Waals surface area contributed by atoms with Gasteiger partial charge in [-0.25, -0.2) is 4.98 Å². The number of ether oxygens (including phenoxy) is 2. The molecular weight excluding hydrogens is 318 g/mol. The molecule has 7 nitrogen and oxygen atoms in total. The summed E-state index contributed by atoms with van der Waals surface area (Å²) in [5.41, 5.74) is 1.81. The maximum Gasteiger partial charge on any atom is 0.316 e. The highest BCUT2D eigenvalue weighted by Gasteiger charge is 2.23. The van der Waals surface area contributed by atoms with Crippen LogP contribution in [-0.4, -0.2) is 46.2 Å². The number of hydrogen-bond donors (Lipinski definition) is 0. The lowest BCUT2D eigenvalue weighted by atomic mass is 10.1.